The molecule has 4 rings (SSSR count). The molecule has 1 saturated heterocycles. The van der Waals surface area contributed by atoms with Crippen LogP contribution in [0.3, 0.4) is 0 Å². The Morgan fingerprint density at radius 3 is 2.45 bits per heavy atom. The van der Waals surface area contributed by atoms with Gasteiger partial charge in [-0.25, -0.2) is 0 Å². The molecule has 1 aliphatic carbocycles. The summed E-state index contributed by atoms with van der Waals surface area (Å²) >= 11 is 0. The van der Waals surface area contributed by atoms with Crippen molar-refractivity contribution in [3.63, 3.8) is 0 Å². The minimum Gasteiger partial charge on any atom is -0.390 e. The third-order valence-electron chi connectivity index (χ3n) is 8.79. The molecule has 1 aromatic heterocycles. The topological polar surface area (TPSA) is 59.6 Å². The molecule has 5 heteroatoms. The second-order valence-corrected chi connectivity index (χ2v) is 13.1. The fourth-order valence-electron chi connectivity index (χ4n) is 6.63. The number of nitrogens with zero attached hydrogens (tertiary/aromatic N) is 2. The van der Waals surface area contributed by atoms with E-state index in [1.165, 1.54) is 38.9 Å². The number of allylic oxidation sites excluding steroid dienone is 5. The molecule has 1 aromatic carbocycles. The predicted molar refractivity (Wildman–Crippen MR) is 169 cm³/mol. The van der Waals surface area contributed by atoms with Crippen LogP contribution in [0.25, 0.3) is 16.5 Å². The maximum absolute atomic E-state index is 13.0. The van der Waals surface area contributed by atoms with Crippen molar-refractivity contribution >= 4 is 22.4 Å². The normalized spacial score (nSPS) is 18.2. The van der Waals surface area contributed by atoms with Crippen molar-refractivity contribution in [2.75, 3.05) is 33.2 Å². The van der Waals surface area contributed by atoms with Gasteiger partial charge in [0.2, 0.25) is 5.91 Å². The predicted octanol–water partition coefficient (Wildman–Crippen LogP) is 7.55. The van der Waals surface area contributed by atoms with Crippen molar-refractivity contribution < 1.29 is 9.90 Å². The maximum Gasteiger partial charge on any atom is 0.236 e. The summed E-state index contributed by atoms with van der Waals surface area (Å²) in [5.41, 5.74) is 8.08. The van der Waals surface area contributed by atoms with Crippen LogP contribution in [-0.2, 0) is 4.79 Å². The summed E-state index contributed by atoms with van der Waals surface area (Å²) in [5.74, 6) is 1.05. The number of fused-ring (bicyclic) bond motifs is 1. The molecule has 1 aliphatic heterocycles. The molecule has 1 saturated carbocycles. The summed E-state index contributed by atoms with van der Waals surface area (Å²) in [7, 11) is 2.00. The van der Waals surface area contributed by atoms with Gasteiger partial charge in [0.05, 0.1) is 12.1 Å². The van der Waals surface area contributed by atoms with Crippen LogP contribution in [0.1, 0.15) is 108 Å². The van der Waals surface area contributed by atoms with E-state index in [2.05, 4.69) is 74.5 Å². The highest BCUT2D eigenvalue weighted by Crippen LogP contribution is 2.38. The lowest BCUT2D eigenvalue weighted by Crippen LogP contribution is -2.43. The largest absolute Gasteiger partial charge is 0.390 e. The molecule has 1 amide bonds. The summed E-state index contributed by atoms with van der Waals surface area (Å²) in [4.78, 5) is 20.9. The van der Waals surface area contributed by atoms with Gasteiger partial charge in [0, 0.05) is 36.2 Å². The Morgan fingerprint density at radius 2 is 1.85 bits per heavy atom. The van der Waals surface area contributed by atoms with Gasteiger partial charge < -0.3 is 15.0 Å². The lowest BCUT2D eigenvalue weighted by Gasteiger charge is -2.33. The molecule has 218 valence electrons. The van der Waals surface area contributed by atoms with Gasteiger partial charge in [-0.2, -0.15) is 0 Å². The smallest absolute Gasteiger partial charge is 0.236 e. The monoisotopic (exact) mass is 545 g/mol. The van der Waals surface area contributed by atoms with Crippen LogP contribution < -0.4 is 0 Å². The number of aromatic nitrogens is 1. The highest BCUT2D eigenvalue weighted by atomic mass is 16.3. The number of carbonyl (C=O) groups is 1. The molecule has 0 unspecified atom stereocenters. The quantitative estimate of drug-likeness (QED) is 0.303. The van der Waals surface area contributed by atoms with Crippen molar-refractivity contribution in [1.29, 1.82) is 0 Å². The number of likely N-dealkylation sites (N-methyl/N-ethyl adjacent to an activating group) is 1. The van der Waals surface area contributed by atoms with Gasteiger partial charge in [-0.1, -0.05) is 62.6 Å². The van der Waals surface area contributed by atoms with E-state index in [0.29, 0.717) is 18.4 Å². The molecular weight excluding hydrogens is 494 g/mol. The highest BCUT2D eigenvalue weighted by molar-refractivity contribution is 5.92. The van der Waals surface area contributed by atoms with Gasteiger partial charge in [0.15, 0.2) is 0 Å². The molecule has 2 aliphatic rings. The number of carbonyl (C=O) groups excluding carboxylic acids is 1. The van der Waals surface area contributed by atoms with E-state index in [1.54, 1.807) is 0 Å². The lowest BCUT2D eigenvalue weighted by molar-refractivity contribution is -0.133. The fourth-order valence-corrected chi connectivity index (χ4v) is 6.63. The van der Waals surface area contributed by atoms with E-state index in [0.717, 1.165) is 70.2 Å². The number of H-pyrrole nitrogens is 1. The molecule has 5 nitrogen and oxygen atoms in total. The third-order valence-corrected chi connectivity index (χ3v) is 8.79. The molecule has 0 bridgehead atoms. The van der Waals surface area contributed by atoms with Crippen LogP contribution in [0.15, 0.2) is 48.1 Å². The number of aliphatic hydroxyl groups is 1. The summed E-state index contributed by atoms with van der Waals surface area (Å²) in [6.45, 7) is 17.8. The second kappa shape index (κ2) is 12.9. The van der Waals surface area contributed by atoms with Crippen molar-refractivity contribution in [2.24, 2.45) is 0 Å². The van der Waals surface area contributed by atoms with Crippen molar-refractivity contribution in [3.8, 4) is 0 Å². The zero-order valence-corrected chi connectivity index (χ0v) is 25.8. The second-order valence-electron chi connectivity index (χ2n) is 13.1. The van der Waals surface area contributed by atoms with Gasteiger partial charge in [-0.3, -0.25) is 9.69 Å². The Bertz CT molecular complexity index is 1260. The zero-order valence-electron chi connectivity index (χ0n) is 25.8. The fraction of sp³-hybridized carbons (Fsp3) is 0.571. The molecule has 40 heavy (non-hydrogen) atoms. The number of hydrogen-bond donors (Lipinski definition) is 2. The first kappa shape index (κ1) is 30.3. The number of likely N-dealkylation sites (tertiary alicyclic amines) is 1. The standard InChI is InChI=1S/C35H51N3O2/c1-24(2)20-29(21-25(3)4)34-33(26(5)6)30-22-28(10-11-31(30)36-34)27-12-17-38(18-13-27)32(39)23-37(7)19-16-35(40)14-8-9-15-35/h10-11,20-22,26-27,36,40H,1,8-9,12-19,23H2,2-7H3/b29-20+. The van der Waals surface area contributed by atoms with Gasteiger partial charge >= 0.3 is 0 Å². The molecule has 0 spiro atoms. The number of hydrogen-bond acceptors (Lipinski definition) is 3. The van der Waals surface area contributed by atoms with E-state index in [4.69, 9.17) is 0 Å². The average molecular weight is 546 g/mol. The first-order valence-electron chi connectivity index (χ1n) is 15.3. The van der Waals surface area contributed by atoms with Crippen LogP contribution in [0.2, 0.25) is 0 Å². The minimum atomic E-state index is -0.513. The molecule has 2 heterocycles. The molecule has 0 atom stereocenters. The van der Waals surface area contributed by atoms with E-state index < -0.39 is 5.60 Å². The van der Waals surface area contributed by atoms with Gasteiger partial charge in [0.25, 0.3) is 0 Å². The first-order valence-corrected chi connectivity index (χ1v) is 15.3. The molecule has 2 fully saturated rings. The summed E-state index contributed by atoms with van der Waals surface area (Å²) in [6.07, 6.45) is 11.2. The van der Waals surface area contributed by atoms with Crippen LogP contribution in [-0.4, -0.2) is 64.6 Å². The lowest BCUT2D eigenvalue weighted by atomic mass is 9.87. The number of nitrogens with one attached hydrogen (secondary N) is 1. The van der Waals surface area contributed by atoms with Crippen LogP contribution in [0.4, 0.5) is 0 Å². The summed E-state index contributed by atoms with van der Waals surface area (Å²) in [6, 6.07) is 6.92. The van der Waals surface area contributed by atoms with Crippen LogP contribution >= 0.6 is 0 Å². The number of benzene rings is 1. The van der Waals surface area contributed by atoms with Crippen molar-refractivity contribution in [1.82, 2.24) is 14.8 Å². The average Bonchev–Trinajstić information content (AvgIpc) is 3.50. The van der Waals surface area contributed by atoms with Gasteiger partial charge in [-0.05, 0) is 101 Å². The van der Waals surface area contributed by atoms with Crippen LogP contribution in [0.5, 0.6) is 0 Å². The number of piperidine rings is 1. The van der Waals surface area contributed by atoms with E-state index in [9.17, 15) is 9.90 Å². The molecular formula is C35H51N3O2. The van der Waals surface area contributed by atoms with E-state index in [1.807, 2.05) is 18.9 Å². The first-order chi connectivity index (χ1) is 19.0. The maximum atomic E-state index is 13.0. The van der Waals surface area contributed by atoms with Crippen molar-refractivity contribution in [2.45, 2.75) is 97.0 Å². The Labute approximate surface area is 242 Å². The minimum absolute atomic E-state index is 0.211. The molecule has 2 N–H and O–H groups in total. The molecule has 2 aromatic rings. The Morgan fingerprint density at radius 1 is 1.18 bits per heavy atom. The van der Waals surface area contributed by atoms with E-state index >= 15 is 0 Å². The SMILES string of the molecule is C=C(C)/C=C(\C=C(C)C)c1[nH]c2ccc(C3CCN(C(=O)CN(C)CCC4(O)CCCC4)CC3)cc2c1C(C)C. The highest BCUT2D eigenvalue weighted by Gasteiger charge is 2.31. The number of amides is 1. The number of aromatic amines is 1. The molecule has 0 radical (unpaired) electrons. The van der Waals surface area contributed by atoms with Gasteiger partial charge in [0.1, 0.15) is 0 Å². The van der Waals surface area contributed by atoms with Crippen LogP contribution in [0, 0.1) is 0 Å². The Balaban J connectivity index is 1.44. The van der Waals surface area contributed by atoms with E-state index in [-0.39, 0.29) is 5.91 Å². The summed E-state index contributed by atoms with van der Waals surface area (Å²) < 4.78 is 0. The number of rotatable bonds is 10. The third kappa shape index (κ3) is 7.36. The Hall–Kier alpha value is -2.63. The zero-order chi connectivity index (χ0) is 29.0. The Kier molecular flexibility index (Phi) is 9.79. The summed E-state index contributed by atoms with van der Waals surface area (Å²) in [5, 5.41) is 11.9. The van der Waals surface area contributed by atoms with Crippen molar-refractivity contribution in [3.05, 3.63) is 64.9 Å². The van der Waals surface area contributed by atoms with Gasteiger partial charge in [-0.15, -0.1) is 0 Å².